The van der Waals surface area contributed by atoms with Gasteiger partial charge in [0.25, 0.3) is 6.20 Å². The second-order valence-corrected chi connectivity index (χ2v) is 8.01. The number of ether oxygens (including phenoxy) is 1. The Hall–Kier alpha value is -2.12. The molecular formula is C20H23FN3O3+. The van der Waals surface area contributed by atoms with Crippen molar-refractivity contribution in [3.8, 4) is 0 Å². The van der Waals surface area contributed by atoms with Crippen molar-refractivity contribution >= 4 is 6.34 Å². The lowest BCUT2D eigenvalue weighted by atomic mass is 9.61. The van der Waals surface area contributed by atoms with Crippen LogP contribution in [0.15, 0.2) is 52.5 Å². The molecule has 0 bridgehead atoms. The molecular weight excluding hydrogens is 349 g/mol. The van der Waals surface area contributed by atoms with E-state index in [-0.39, 0.29) is 24.9 Å². The van der Waals surface area contributed by atoms with E-state index in [9.17, 15) is 14.4 Å². The van der Waals surface area contributed by atoms with E-state index in [0.717, 1.165) is 31.9 Å². The van der Waals surface area contributed by atoms with E-state index in [1.165, 1.54) is 0 Å². The van der Waals surface area contributed by atoms with Crippen molar-refractivity contribution in [3.05, 3.63) is 52.4 Å². The molecule has 1 fully saturated rings. The number of allylic oxidation sites excluding steroid dienone is 3. The SMILES string of the molecule is O=[N+]1C=C(F)C2=C(C1)C13NC=NC1(C=CCC3O[C@H]1CC[C@H](O)CC1)C=C2. The molecule has 2 heterocycles. The van der Waals surface area contributed by atoms with Gasteiger partial charge in [0.05, 0.1) is 24.7 Å². The Morgan fingerprint density at radius 3 is 2.93 bits per heavy atom. The maximum absolute atomic E-state index is 14.6. The maximum atomic E-state index is 14.6. The first-order valence-electron chi connectivity index (χ1n) is 9.61. The predicted octanol–water partition coefficient (Wildman–Crippen LogP) is 2.21. The summed E-state index contributed by atoms with van der Waals surface area (Å²) in [7, 11) is 0. The molecule has 5 rings (SSSR count). The van der Waals surface area contributed by atoms with Crippen LogP contribution in [0.2, 0.25) is 0 Å². The summed E-state index contributed by atoms with van der Waals surface area (Å²) < 4.78 is 21.7. The molecule has 3 atom stereocenters. The van der Waals surface area contributed by atoms with Crippen LogP contribution in [-0.2, 0) is 4.74 Å². The van der Waals surface area contributed by atoms with Crippen molar-refractivity contribution in [2.45, 2.75) is 61.5 Å². The first kappa shape index (κ1) is 17.0. The lowest BCUT2D eigenvalue weighted by Crippen LogP contribution is -2.68. The monoisotopic (exact) mass is 372 g/mol. The van der Waals surface area contributed by atoms with Gasteiger partial charge in [-0.05, 0) is 38.2 Å². The number of nitroso groups, excluding NO2 is 1. The predicted molar refractivity (Wildman–Crippen MR) is 97.8 cm³/mol. The van der Waals surface area contributed by atoms with Crippen LogP contribution in [0, 0.1) is 4.91 Å². The summed E-state index contributed by atoms with van der Waals surface area (Å²) in [5, 5.41) is 13.1. The molecule has 0 radical (unpaired) electrons. The molecule has 0 aromatic heterocycles. The molecule has 142 valence electrons. The zero-order valence-corrected chi connectivity index (χ0v) is 15.0. The number of aliphatic hydroxyl groups is 1. The van der Waals surface area contributed by atoms with Crippen LogP contribution in [0.25, 0.3) is 0 Å². The molecule has 0 amide bonds. The van der Waals surface area contributed by atoms with E-state index in [1.54, 1.807) is 12.4 Å². The fourth-order valence-corrected chi connectivity index (χ4v) is 5.21. The number of aliphatic hydroxyl groups excluding tert-OH is 1. The largest absolute Gasteiger partial charge is 0.393 e. The van der Waals surface area contributed by atoms with Crippen LogP contribution in [-0.4, -0.2) is 52.1 Å². The summed E-state index contributed by atoms with van der Waals surface area (Å²) in [5.41, 5.74) is -0.348. The van der Waals surface area contributed by atoms with Crippen LogP contribution in [0.3, 0.4) is 0 Å². The molecule has 6 nitrogen and oxygen atoms in total. The molecule has 0 saturated heterocycles. The van der Waals surface area contributed by atoms with Gasteiger partial charge < -0.3 is 15.2 Å². The van der Waals surface area contributed by atoms with Gasteiger partial charge in [-0.3, -0.25) is 4.99 Å². The second kappa shape index (κ2) is 5.94. The first-order chi connectivity index (χ1) is 13.0. The minimum atomic E-state index is -0.795. The highest BCUT2D eigenvalue weighted by atomic mass is 19.1. The Morgan fingerprint density at radius 2 is 2.11 bits per heavy atom. The number of hydrogen-bond donors (Lipinski definition) is 2. The van der Waals surface area contributed by atoms with Crippen molar-refractivity contribution in [3.63, 3.8) is 0 Å². The van der Waals surface area contributed by atoms with Crippen molar-refractivity contribution in [1.82, 2.24) is 5.32 Å². The Bertz CT molecular complexity index is 837. The van der Waals surface area contributed by atoms with E-state index < -0.39 is 16.9 Å². The smallest absolute Gasteiger partial charge is 0.257 e. The van der Waals surface area contributed by atoms with Gasteiger partial charge in [0.2, 0.25) is 6.54 Å². The van der Waals surface area contributed by atoms with E-state index in [2.05, 4.69) is 16.4 Å². The molecule has 2 N–H and O–H groups in total. The average Bonchev–Trinajstić information content (AvgIpc) is 3.05. The third-order valence-electron chi connectivity index (χ3n) is 6.54. The zero-order valence-electron chi connectivity index (χ0n) is 15.0. The van der Waals surface area contributed by atoms with E-state index >= 15 is 0 Å². The molecule has 0 aromatic rings. The molecule has 0 spiro atoms. The Kier molecular flexibility index (Phi) is 3.74. The van der Waals surface area contributed by atoms with Crippen LogP contribution in [0.5, 0.6) is 0 Å². The number of nitrogens with zero attached hydrogens (tertiary/aromatic N) is 2. The number of hydrogen-bond acceptors (Lipinski definition) is 5. The van der Waals surface area contributed by atoms with Crippen LogP contribution in [0.4, 0.5) is 4.39 Å². The minimum Gasteiger partial charge on any atom is -0.393 e. The number of rotatable bonds is 2. The zero-order chi connectivity index (χ0) is 18.6. The lowest BCUT2D eigenvalue weighted by Gasteiger charge is -2.51. The van der Waals surface area contributed by atoms with E-state index in [1.807, 2.05) is 12.2 Å². The third-order valence-corrected chi connectivity index (χ3v) is 6.54. The Balaban J connectivity index is 1.56. The molecule has 3 unspecified atom stereocenters. The molecule has 27 heavy (non-hydrogen) atoms. The Morgan fingerprint density at radius 1 is 1.30 bits per heavy atom. The third kappa shape index (κ3) is 2.34. The number of nitrogens with one attached hydrogen (secondary N) is 1. The van der Waals surface area contributed by atoms with Gasteiger partial charge in [0.1, 0.15) is 11.1 Å². The van der Waals surface area contributed by atoms with Gasteiger partial charge in [-0.25, -0.2) is 0 Å². The molecule has 2 aliphatic heterocycles. The number of aliphatic imine (C=N–C) groups is 1. The summed E-state index contributed by atoms with van der Waals surface area (Å²) in [4.78, 5) is 16.8. The highest BCUT2D eigenvalue weighted by Crippen LogP contribution is 2.51. The van der Waals surface area contributed by atoms with Crippen LogP contribution >= 0.6 is 0 Å². The summed E-state index contributed by atoms with van der Waals surface area (Å²) in [6.45, 7) is 0.0856. The van der Waals surface area contributed by atoms with E-state index in [0.29, 0.717) is 22.3 Å². The average molecular weight is 372 g/mol. The van der Waals surface area contributed by atoms with Crippen molar-refractivity contribution in [1.29, 1.82) is 0 Å². The second-order valence-electron chi connectivity index (χ2n) is 8.01. The summed E-state index contributed by atoms with van der Waals surface area (Å²) in [5.74, 6) is -0.520. The first-order valence-corrected chi connectivity index (χ1v) is 9.61. The highest BCUT2D eigenvalue weighted by molar-refractivity contribution is 5.72. The summed E-state index contributed by atoms with van der Waals surface area (Å²) in [6.07, 6.45) is 13.6. The maximum Gasteiger partial charge on any atom is 0.257 e. The molecule has 3 aliphatic carbocycles. The lowest BCUT2D eigenvalue weighted by molar-refractivity contribution is -0.475. The summed E-state index contributed by atoms with van der Waals surface area (Å²) in [6, 6.07) is 0. The fraction of sp³-hybridized carbons (Fsp3) is 0.550. The standard InChI is InChI=1S/C20H23FN3O3/c21-17-11-24(26)10-16-15(17)7-9-19-8-1-2-18(20(16,19)23-12-22-19)27-14-5-3-13(25)4-6-14/h1,7-9,11-14,18,25H,2-6,10H2,(H,22,23)/q+1/t13-,14-,18?,19?,20?. The van der Waals surface area contributed by atoms with Gasteiger partial charge in [-0.1, -0.05) is 18.2 Å². The van der Waals surface area contributed by atoms with E-state index in [4.69, 9.17) is 4.74 Å². The van der Waals surface area contributed by atoms with Crippen molar-refractivity contribution in [2.75, 3.05) is 6.54 Å². The summed E-state index contributed by atoms with van der Waals surface area (Å²) >= 11 is 0. The van der Waals surface area contributed by atoms with Gasteiger partial charge >= 0.3 is 0 Å². The van der Waals surface area contributed by atoms with Gasteiger partial charge in [0, 0.05) is 20.8 Å². The molecule has 7 heteroatoms. The quantitative estimate of drug-likeness (QED) is 0.576. The normalized spacial score (nSPS) is 42.4. The fourth-order valence-electron chi connectivity index (χ4n) is 5.21. The van der Waals surface area contributed by atoms with Gasteiger partial charge in [-0.2, -0.15) is 4.39 Å². The van der Waals surface area contributed by atoms with Crippen molar-refractivity contribution < 1.29 is 19.0 Å². The topological polar surface area (TPSA) is 73.9 Å². The Labute approximate surface area is 156 Å². The van der Waals surface area contributed by atoms with Gasteiger partial charge in [0.15, 0.2) is 5.83 Å². The van der Waals surface area contributed by atoms with Gasteiger partial charge in [-0.15, -0.1) is 0 Å². The number of halogens is 1. The highest BCUT2D eigenvalue weighted by Gasteiger charge is 2.64. The van der Waals surface area contributed by atoms with Crippen LogP contribution < -0.4 is 5.32 Å². The molecule has 5 aliphatic rings. The molecule has 0 aromatic carbocycles. The van der Waals surface area contributed by atoms with Crippen LogP contribution in [0.1, 0.15) is 32.1 Å². The molecule has 1 saturated carbocycles. The minimum absolute atomic E-state index is 0.0432. The van der Waals surface area contributed by atoms with Crippen molar-refractivity contribution in [2.24, 2.45) is 4.99 Å².